The molecule has 218 valence electrons. The van der Waals surface area contributed by atoms with Crippen molar-refractivity contribution in [2.24, 2.45) is 28.6 Å². The topological polar surface area (TPSA) is 155 Å². The van der Waals surface area contributed by atoms with Crippen LogP contribution in [0.3, 0.4) is 0 Å². The van der Waals surface area contributed by atoms with E-state index in [-0.39, 0.29) is 60.4 Å². The highest BCUT2D eigenvalue weighted by Crippen LogP contribution is 2.66. The van der Waals surface area contributed by atoms with E-state index in [1.165, 1.54) is 4.90 Å². The van der Waals surface area contributed by atoms with Gasteiger partial charge >= 0.3 is 11.9 Å². The van der Waals surface area contributed by atoms with Crippen molar-refractivity contribution >= 4 is 35.2 Å². The Morgan fingerprint density at radius 2 is 1.80 bits per heavy atom. The number of nitrogens with zero attached hydrogens (tertiary/aromatic N) is 1. The summed E-state index contributed by atoms with van der Waals surface area (Å²) in [5, 5.41) is 21.0. The molecule has 40 heavy (non-hydrogen) atoms. The van der Waals surface area contributed by atoms with E-state index in [9.17, 15) is 39.0 Å². The molecule has 0 unspecified atom stereocenters. The minimum atomic E-state index is -1.81. The minimum Gasteiger partial charge on any atom is -0.480 e. The first-order valence-electron chi connectivity index (χ1n) is 14.5. The maximum absolute atomic E-state index is 13.7. The molecule has 1 saturated heterocycles. The predicted molar refractivity (Wildman–Crippen MR) is 140 cm³/mol. The van der Waals surface area contributed by atoms with Crippen molar-refractivity contribution in [1.82, 2.24) is 4.90 Å². The van der Waals surface area contributed by atoms with E-state index in [0.29, 0.717) is 38.6 Å². The molecule has 1 heterocycles. The van der Waals surface area contributed by atoms with Crippen molar-refractivity contribution in [2.45, 2.75) is 96.1 Å². The van der Waals surface area contributed by atoms with E-state index in [1.54, 1.807) is 6.08 Å². The third kappa shape index (κ3) is 4.43. The molecule has 5 rings (SSSR count). The van der Waals surface area contributed by atoms with Gasteiger partial charge in [0.2, 0.25) is 11.7 Å². The summed E-state index contributed by atoms with van der Waals surface area (Å²) in [4.78, 5) is 76.5. The van der Waals surface area contributed by atoms with Crippen LogP contribution in [-0.4, -0.2) is 75.1 Å². The lowest BCUT2D eigenvalue weighted by Gasteiger charge is -2.57. The summed E-state index contributed by atoms with van der Waals surface area (Å²) in [7, 11) is 0. The Morgan fingerprint density at radius 3 is 2.52 bits per heavy atom. The summed E-state index contributed by atoms with van der Waals surface area (Å²) in [6.07, 6.45) is 5.53. The third-order valence-corrected chi connectivity index (χ3v) is 11.0. The summed E-state index contributed by atoms with van der Waals surface area (Å²) in [5.74, 6) is -3.07. The molecular formula is C30H39NO9. The van der Waals surface area contributed by atoms with Crippen LogP contribution in [0.5, 0.6) is 0 Å². The molecule has 0 aromatic heterocycles. The summed E-state index contributed by atoms with van der Waals surface area (Å²) < 4.78 is 5.16. The Labute approximate surface area is 233 Å². The second kappa shape index (κ2) is 10.2. The summed E-state index contributed by atoms with van der Waals surface area (Å²) in [6, 6.07) is -0.886. The zero-order chi connectivity index (χ0) is 29.0. The second-order valence-electron chi connectivity index (χ2n) is 13.0. The lowest BCUT2D eigenvalue weighted by Crippen LogP contribution is -2.61. The third-order valence-electron chi connectivity index (χ3n) is 11.0. The molecule has 0 radical (unpaired) electrons. The zero-order valence-electron chi connectivity index (χ0n) is 23.3. The average Bonchev–Trinajstić information content (AvgIpc) is 3.50. The number of amides is 1. The van der Waals surface area contributed by atoms with Crippen molar-refractivity contribution in [3.63, 3.8) is 0 Å². The number of carboxylic acids is 1. The SMILES string of the molecule is C[C@]12CCC(=O)C=C1CC[C@@H]1[C@@H]2C(=O)C[C@@]2(C)[C@H]1CC[C@]2(O)C(=O)COC(=O)CCC(=O)N1CCC[C@H]1C(=O)O. The van der Waals surface area contributed by atoms with E-state index in [4.69, 9.17) is 4.74 Å². The number of hydrogen-bond acceptors (Lipinski definition) is 8. The molecule has 2 N–H and O–H groups in total. The highest BCUT2D eigenvalue weighted by Gasteiger charge is 2.68. The van der Waals surface area contributed by atoms with Gasteiger partial charge in [-0.3, -0.25) is 24.0 Å². The van der Waals surface area contributed by atoms with Gasteiger partial charge < -0.3 is 19.8 Å². The van der Waals surface area contributed by atoms with Gasteiger partial charge in [0.05, 0.1) is 6.42 Å². The first-order chi connectivity index (χ1) is 18.8. The van der Waals surface area contributed by atoms with E-state index in [0.717, 1.165) is 18.4 Å². The lowest BCUT2D eigenvalue weighted by atomic mass is 9.46. The van der Waals surface area contributed by atoms with Gasteiger partial charge in [-0.1, -0.05) is 19.4 Å². The largest absolute Gasteiger partial charge is 0.480 e. The van der Waals surface area contributed by atoms with Crippen molar-refractivity contribution in [2.75, 3.05) is 13.2 Å². The van der Waals surface area contributed by atoms with Crippen LogP contribution in [0.1, 0.15) is 84.5 Å². The van der Waals surface area contributed by atoms with Gasteiger partial charge in [0, 0.05) is 37.1 Å². The molecule has 10 nitrogen and oxygen atoms in total. The molecule has 0 bridgehead atoms. The first-order valence-corrected chi connectivity index (χ1v) is 14.5. The number of Topliss-reactive ketones (excluding diaryl/α,β-unsaturated/α-hetero) is 2. The number of allylic oxidation sites excluding steroid dienone is 1. The van der Waals surface area contributed by atoms with Crippen LogP contribution in [0.25, 0.3) is 0 Å². The quantitative estimate of drug-likeness (QED) is 0.449. The molecule has 0 aromatic rings. The van der Waals surface area contributed by atoms with Gasteiger partial charge in [-0.15, -0.1) is 0 Å². The second-order valence-corrected chi connectivity index (χ2v) is 13.0. The standard InChI is InChI=1S/C30H39NO9/c1-28-11-9-18(32)14-17(28)5-6-19-20-10-12-30(39,29(20,2)15-22(33)26(19)28)23(34)16-40-25(36)8-7-24(35)31-13-3-4-21(31)27(37)38/h14,19-21,26,39H,3-13,15-16H2,1-2H3,(H,37,38)/t19-,20-,21-,26+,28-,29-,30-/m0/s1. The van der Waals surface area contributed by atoms with Crippen LogP contribution in [0.4, 0.5) is 0 Å². The van der Waals surface area contributed by atoms with E-state index in [2.05, 4.69) is 6.92 Å². The number of rotatable bonds is 7. The smallest absolute Gasteiger partial charge is 0.326 e. The summed E-state index contributed by atoms with van der Waals surface area (Å²) >= 11 is 0. The van der Waals surface area contributed by atoms with Crippen LogP contribution in [0.15, 0.2) is 11.6 Å². The zero-order valence-corrected chi connectivity index (χ0v) is 23.3. The number of hydrogen-bond donors (Lipinski definition) is 2. The van der Waals surface area contributed by atoms with Gasteiger partial charge in [-0.2, -0.15) is 0 Å². The van der Waals surface area contributed by atoms with E-state index < -0.39 is 47.3 Å². The Morgan fingerprint density at radius 1 is 1.05 bits per heavy atom. The van der Waals surface area contributed by atoms with Crippen LogP contribution in [0, 0.1) is 28.6 Å². The molecule has 0 aromatic carbocycles. The highest BCUT2D eigenvalue weighted by atomic mass is 16.5. The molecule has 0 spiro atoms. The Bertz CT molecular complexity index is 1190. The van der Waals surface area contributed by atoms with Gasteiger partial charge in [0.1, 0.15) is 17.4 Å². The number of ketones is 3. The fraction of sp³-hybridized carbons (Fsp3) is 0.733. The highest BCUT2D eigenvalue weighted by molar-refractivity contribution is 5.95. The fourth-order valence-electron chi connectivity index (χ4n) is 8.86. The minimum absolute atomic E-state index is 0.0113. The van der Waals surface area contributed by atoms with Crippen LogP contribution >= 0.6 is 0 Å². The maximum atomic E-state index is 13.7. The number of ether oxygens (including phenoxy) is 1. The van der Waals surface area contributed by atoms with Crippen LogP contribution < -0.4 is 0 Å². The molecule has 7 atom stereocenters. The number of likely N-dealkylation sites (tertiary alicyclic amines) is 1. The number of carboxylic acid groups (broad SMARTS) is 1. The first kappa shape index (κ1) is 28.6. The molecule has 3 saturated carbocycles. The van der Waals surface area contributed by atoms with Crippen molar-refractivity contribution < 1.29 is 43.7 Å². The van der Waals surface area contributed by atoms with Crippen LogP contribution in [0.2, 0.25) is 0 Å². The van der Waals surface area contributed by atoms with Gasteiger partial charge in [0.25, 0.3) is 0 Å². The van der Waals surface area contributed by atoms with Crippen molar-refractivity contribution in [3.05, 3.63) is 11.6 Å². The number of carbonyl (C=O) groups is 6. The summed E-state index contributed by atoms with van der Waals surface area (Å²) in [5.41, 5.74) is -2.10. The maximum Gasteiger partial charge on any atom is 0.326 e. The van der Waals surface area contributed by atoms with Crippen LogP contribution in [-0.2, 0) is 33.5 Å². The average molecular weight is 558 g/mol. The fourth-order valence-corrected chi connectivity index (χ4v) is 8.86. The predicted octanol–water partition coefficient (Wildman–Crippen LogP) is 2.40. The molecule has 10 heteroatoms. The van der Waals surface area contributed by atoms with Gasteiger partial charge in [0.15, 0.2) is 12.4 Å². The summed E-state index contributed by atoms with van der Waals surface area (Å²) in [6.45, 7) is 3.57. The number of fused-ring (bicyclic) bond motifs is 5. The Hall–Kier alpha value is -2.88. The van der Waals surface area contributed by atoms with E-state index >= 15 is 0 Å². The number of carbonyl (C=O) groups excluding carboxylic acids is 5. The molecular weight excluding hydrogens is 518 g/mol. The Balaban J connectivity index is 1.22. The number of aliphatic hydroxyl groups is 1. The molecule has 1 aliphatic heterocycles. The number of aliphatic carboxylic acids is 1. The normalized spacial score (nSPS) is 38.7. The Kier molecular flexibility index (Phi) is 7.30. The van der Waals surface area contributed by atoms with Crippen molar-refractivity contribution in [3.8, 4) is 0 Å². The molecule has 4 aliphatic carbocycles. The van der Waals surface area contributed by atoms with Crippen molar-refractivity contribution in [1.29, 1.82) is 0 Å². The molecule has 1 amide bonds. The molecule has 4 fully saturated rings. The van der Waals surface area contributed by atoms with Gasteiger partial charge in [-0.05, 0) is 68.3 Å². The molecule has 5 aliphatic rings. The number of esters is 1. The monoisotopic (exact) mass is 557 g/mol. The van der Waals surface area contributed by atoms with E-state index in [1.807, 2.05) is 6.92 Å². The van der Waals surface area contributed by atoms with Gasteiger partial charge in [-0.25, -0.2) is 4.79 Å². The lowest BCUT2D eigenvalue weighted by molar-refractivity contribution is -0.174.